The van der Waals surface area contributed by atoms with Crippen molar-refractivity contribution in [1.29, 1.82) is 0 Å². The zero-order valence-corrected chi connectivity index (χ0v) is 28.2. The SMILES string of the molecule is Nc1c(N=Nc2cc(S(=O)(=O)O)cc3cc(S(=O)(=O)O)cc(O)c23)cc(N=Nc2cc([N+](=O)[O-])cc([N+](=O)[O-])c2O)c(O)c1N=Nc1ccc([N+](=O)[O-])cc1. The van der Waals surface area contributed by atoms with E-state index in [1.165, 1.54) is 12.1 Å². The highest BCUT2D eigenvalue weighted by Gasteiger charge is 2.25. The Hall–Kier alpha value is -7.62. The number of nitro groups is 3. The number of nitro benzene ring substituents is 3. The normalized spacial score (nSPS) is 12.3. The summed E-state index contributed by atoms with van der Waals surface area (Å²) in [5.74, 6) is -2.95. The Morgan fingerprint density at radius 1 is 0.564 bits per heavy atom. The van der Waals surface area contributed by atoms with Crippen molar-refractivity contribution in [2.75, 3.05) is 5.73 Å². The molecule has 5 rings (SSSR count). The van der Waals surface area contributed by atoms with E-state index in [1.54, 1.807) is 0 Å². The molecule has 0 aromatic heterocycles. The summed E-state index contributed by atoms with van der Waals surface area (Å²) >= 11 is 0. The number of anilines is 1. The predicted molar refractivity (Wildman–Crippen MR) is 185 cm³/mol. The maximum absolute atomic E-state index is 12.1. The Morgan fingerprint density at radius 2 is 1.09 bits per heavy atom. The van der Waals surface area contributed by atoms with Crippen LogP contribution in [0.5, 0.6) is 17.2 Å². The molecule has 27 heteroatoms. The number of nitrogens with zero attached hydrogens (tertiary/aromatic N) is 9. The summed E-state index contributed by atoms with van der Waals surface area (Å²) in [5.41, 5.74) is 0.155. The van der Waals surface area contributed by atoms with Gasteiger partial charge in [-0.2, -0.15) is 21.9 Å². The molecular weight excluding hydrogens is 780 g/mol. The minimum absolute atomic E-state index is 0.0123. The van der Waals surface area contributed by atoms with Gasteiger partial charge in [0.25, 0.3) is 31.6 Å². The lowest BCUT2D eigenvalue weighted by atomic mass is 10.1. The molecule has 5 aromatic rings. The van der Waals surface area contributed by atoms with Crippen LogP contribution in [0.15, 0.2) is 107 Å². The van der Waals surface area contributed by atoms with Crippen molar-refractivity contribution >= 4 is 87.9 Å². The van der Waals surface area contributed by atoms with Crippen LogP contribution in [0.1, 0.15) is 0 Å². The Bertz CT molecular complexity index is 2790. The summed E-state index contributed by atoms with van der Waals surface area (Å²) in [4.78, 5) is 29.2. The van der Waals surface area contributed by atoms with Crippen molar-refractivity contribution in [3.8, 4) is 17.2 Å². The third kappa shape index (κ3) is 8.23. The second kappa shape index (κ2) is 14.4. The number of rotatable bonds is 11. The maximum atomic E-state index is 12.1. The summed E-state index contributed by atoms with van der Waals surface area (Å²) in [7, 11) is -9.98. The zero-order chi connectivity index (χ0) is 40.6. The highest BCUT2D eigenvalue weighted by Crippen LogP contribution is 2.49. The van der Waals surface area contributed by atoms with Gasteiger partial charge < -0.3 is 21.1 Å². The Kier molecular flexibility index (Phi) is 10.1. The maximum Gasteiger partial charge on any atom is 0.319 e. The summed E-state index contributed by atoms with van der Waals surface area (Å²) in [6, 6.07) is 9.20. The van der Waals surface area contributed by atoms with Crippen molar-refractivity contribution < 1.29 is 56.0 Å². The number of non-ortho nitro benzene ring substituents is 2. The van der Waals surface area contributed by atoms with Crippen LogP contribution in [0.4, 0.5) is 56.9 Å². The molecule has 0 saturated heterocycles. The quantitative estimate of drug-likeness (QED) is 0.0257. The molecule has 0 bridgehead atoms. The summed E-state index contributed by atoms with van der Waals surface area (Å²) in [5, 5.41) is 87.8. The van der Waals surface area contributed by atoms with E-state index in [0.717, 1.165) is 30.3 Å². The Labute approximate surface area is 304 Å². The first-order valence-electron chi connectivity index (χ1n) is 14.2. The van der Waals surface area contributed by atoms with Gasteiger partial charge in [-0.1, -0.05) is 0 Å². The van der Waals surface area contributed by atoms with Crippen LogP contribution >= 0.6 is 0 Å². The molecule has 282 valence electrons. The number of phenols is 3. The van der Waals surface area contributed by atoms with Gasteiger partial charge in [-0.05, 0) is 41.8 Å². The van der Waals surface area contributed by atoms with E-state index in [9.17, 15) is 71.6 Å². The largest absolute Gasteiger partial charge is 0.507 e. The van der Waals surface area contributed by atoms with E-state index >= 15 is 0 Å². The average Bonchev–Trinajstić information content (AvgIpc) is 3.10. The number of nitrogens with two attached hydrogens (primary N) is 1. The van der Waals surface area contributed by atoms with Gasteiger partial charge in [0, 0.05) is 24.3 Å². The molecule has 5 aromatic carbocycles. The van der Waals surface area contributed by atoms with Gasteiger partial charge in [0.05, 0.1) is 53.1 Å². The number of azo groups is 3. The predicted octanol–water partition coefficient (Wildman–Crippen LogP) is 7.00. The summed E-state index contributed by atoms with van der Waals surface area (Å²) in [6.45, 7) is 0. The molecule has 55 heavy (non-hydrogen) atoms. The topological polar surface area (TPSA) is 399 Å². The molecule has 0 radical (unpaired) electrons. The van der Waals surface area contributed by atoms with Crippen molar-refractivity contribution in [3.05, 3.63) is 97.1 Å². The van der Waals surface area contributed by atoms with Crippen molar-refractivity contribution in [2.45, 2.75) is 9.79 Å². The van der Waals surface area contributed by atoms with Gasteiger partial charge in [-0.3, -0.25) is 39.4 Å². The third-order valence-corrected chi connectivity index (χ3v) is 8.80. The number of hydrogen-bond acceptors (Lipinski definition) is 20. The van der Waals surface area contributed by atoms with Crippen molar-refractivity contribution in [3.63, 3.8) is 0 Å². The average molecular weight is 799 g/mol. The Morgan fingerprint density at radius 3 is 1.64 bits per heavy atom. The van der Waals surface area contributed by atoms with Crippen LogP contribution in [0, 0.1) is 30.3 Å². The number of fused-ring (bicyclic) bond motifs is 1. The minimum atomic E-state index is -5.03. The third-order valence-electron chi connectivity index (χ3n) is 7.14. The molecule has 0 aliphatic rings. The van der Waals surface area contributed by atoms with Crippen LogP contribution in [-0.2, 0) is 20.2 Å². The lowest BCUT2D eigenvalue weighted by Gasteiger charge is -2.10. The van der Waals surface area contributed by atoms with Crippen LogP contribution in [0.3, 0.4) is 0 Å². The molecule has 0 spiro atoms. The fourth-order valence-electron chi connectivity index (χ4n) is 4.57. The van der Waals surface area contributed by atoms with Gasteiger partial charge in [-0.15, -0.1) is 25.6 Å². The molecule has 7 N–H and O–H groups in total. The van der Waals surface area contributed by atoms with E-state index in [0.29, 0.717) is 24.3 Å². The second-order valence-electron chi connectivity index (χ2n) is 10.7. The van der Waals surface area contributed by atoms with Crippen LogP contribution in [-0.4, -0.2) is 56.0 Å². The first-order valence-corrected chi connectivity index (χ1v) is 17.1. The number of phenolic OH excluding ortho intramolecular Hbond substituents is 3. The van der Waals surface area contributed by atoms with E-state index in [1.807, 2.05) is 0 Å². The number of benzene rings is 5. The zero-order valence-electron chi connectivity index (χ0n) is 26.6. The second-order valence-corrected chi connectivity index (χ2v) is 13.5. The van der Waals surface area contributed by atoms with E-state index < -0.39 is 108 Å². The molecule has 0 aliphatic heterocycles. The molecule has 0 unspecified atom stereocenters. The molecular formula is C28H18N10O15S2. The monoisotopic (exact) mass is 798 g/mol. The fraction of sp³-hybridized carbons (Fsp3) is 0. The van der Waals surface area contributed by atoms with Crippen LogP contribution in [0.2, 0.25) is 0 Å². The first kappa shape index (κ1) is 38.6. The van der Waals surface area contributed by atoms with Gasteiger partial charge in [0.1, 0.15) is 22.8 Å². The van der Waals surface area contributed by atoms with E-state index in [2.05, 4.69) is 30.7 Å². The van der Waals surface area contributed by atoms with Gasteiger partial charge in [0.2, 0.25) is 5.75 Å². The lowest BCUT2D eigenvalue weighted by molar-refractivity contribution is -0.394. The van der Waals surface area contributed by atoms with Gasteiger partial charge in [-0.25, -0.2) is 0 Å². The van der Waals surface area contributed by atoms with Crippen LogP contribution < -0.4 is 5.73 Å². The molecule has 0 heterocycles. The summed E-state index contributed by atoms with van der Waals surface area (Å²) < 4.78 is 66.8. The molecule has 0 amide bonds. The molecule has 0 aliphatic carbocycles. The van der Waals surface area contributed by atoms with Gasteiger partial charge >= 0.3 is 5.69 Å². The molecule has 25 nitrogen and oxygen atoms in total. The minimum Gasteiger partial charge on any atom is -0.507 e. The smallest absolute Gasteiger partial charge is 0.319 e. The van der Waals surface area contributed by atoms with E-state index in [4.69, 9.17) is 5.73 Å². The van der Waals surface area contributed by atoms with E-state index in [-0.39, 0.29) is 22.1 Å². The molecule has 0 atom stereocenters. The molecule has 0 saturated carbocycles. The van der Waals surface area contributed by atoms with Crippen LogP contribution in [0.25, 0.3) is 10.8 Å². The van der Waals surface area contributed by atoms with Crippen molar-refractivity contribution in [2.24, 2.45) is 30.7 Å². The fourth-order valence-corrected chi connectivity index (χ4v) is 5.65. The molecule has 0 fully saturated rings. The number of hydrogen-bond donors (Lipinski definition) is 6. The Balaban J connectivity index is 1.73. The number of aromatic hydroxyl groups is 3. The number of nitrogen functional groups attached to an aromatic ring is 1. The summed E-state index contributed by atoms with van der Waals surface area (Å²) in [6.07, 6.45) is 0. The first-order chi connectivity index (χ1) is 25.6. The van der Waals surface area contributed by atoms with Crippen molar-refractivity contribution in [1.82, 2.24) is 0 Å². The highest BCUT2D eigenvalue weighted by atomic mass is 32.2. The standard InChI is InChI=1S/C28H18N10O15S2/c29-25-19(32-31-18-9-16(54(48,49)50)5-12-6-17(55(51,52)53)10-23(39)24(12)18)11-21(28(41)26(25)35-30-13-1-3-14(4-2-13)36(42)43)34-33-20-7-15(37(44)45)8-22(27(20)40)38(46)47/h1-11,39-41H,29H2,(H,48,49,50)(H,51,52,53). The lowest BCUT2D eigenvalue weighted by Crippen LogP contribution is -2.00. The van der Waals surface area contributed by atoms with Gasteiger partial charge in [0.15, 0.2) is 11.4 Å². The highest BCUT2D eigenvalue weighted by molar-refractivity contribution is 7.86.